The molecule has 134 valence electrons. The quantitative estimate of drug-likeness (QED) is 0.501. The highest BCUT2D eigenvalue weighted by atomic mass is 16.5. The van der Waals surface area contributed by atoms with Crippen molar-refractivity contribution in [3.05, 3.63) is 71.4 Å². The highest BCUT2D eigenvalue weighted by Gasteiger charge is 2.08. The minimum Gasteiger partial charge on any atom is -0.508 e. The summed E-state index contributed by atoms with van der Waals surface area (Å²) in [5.74, 6) is 0.555. The Kier molecular flexibility index (Phi) is 7.07. The molecule has 0 heterocycles. The molecule has 6 nitrogen and oxygen atoms in total. The van der Waals surface area contributed by atoms with Crippen LogP contribution in [0.25, 0.3) is 0 Å². The smallest absolute Gasteiger partial charge is 0.263 e. The molecule has 0 radical (unpaired) electrons. The number of hydrogen-bond donors (Lipinski definition) is 3. The molecule has 26 heavy (non-hydrogen) atoms. The summed E-state index contributed by atoms with van der Waals surface area (Å²) in [6.07, 6.45) is 2.03. The Labute approximate surface area is 152 Å². The average molecular weight is 351 g/mol. The number of nitriles is 1. The largest absolute Gasteiger partial charge is 0.508 e. The van der Waals surface area contributed by atoms with Crippen molar-refractivity contribution in [1.29, 1.82) is 5.26 Å². The van der Waals surface area contributed by atoms with E-state index in [0.29, 0.717) is 19.5 Å². The van der Waals surface area contributed by atoms with E-state index in [9.17, 15) is 9.90 Å². The van der Waals surface area contributed by atoms with E-state index in [0.717, 1.165) is 16.9 Å². The van der Waals surface area contributed by atoms with Crippen LogP contribution < -0.4 is 15.4 Å². The number of nitrogens with one attached hydrogen (secondary N) is 2. The van der Waals surface area contributed by atoms with Gasteiger partial charge in [0.2, 0.25) is 0 Å². The molecule has 0 saturated carbocycles. The summed E-state index contributed by atoms with van der Waals surface area (Å²) in [5.41, 5.74) is 2.01. The summed E-state index contributed by atoms with van der Waals surface area (Å²) >= 11 is 0. The van der Waals surface area contributed by atoms with Crippen molar-refractivity contribution in [2.45, 2.75) is 13.0 Å². The number of amides is 1. The highest BCUT2D eigenvalue weighted by Crippen LogP contribution is 2.11. The molecule has 0 spiro atoms. The monoisotopic (exact) mass is 351 g/mol. The number of methoxy groups -OCH3 is 1. The van der Waals surface area contributed by atoms with Crippen LogP contribution in [0.5, 0.6) is 11.5 Å². The first kappa shape index (κ1) is 18.9. The number of aromatic hydroxyl groups is 1. The topological polar surface area (TPSA) is 94.4 Å². The predicted octanol–water partition coefficient (Wildman–Crippen LogP) is 2.26. The molecule has 0 aliphatic heterocycles. The van der Waals surface area contributed by atoms with Crippen LogP contribution in [0.1, 0.15) is 11.1 Å². The lowest BCUT2D eigenvalue weighted by molar-refractivity contribution is -0.117. The molecule has 0 bridgehead atoms. The predicted molar refractivity (Wildman–Crippen MR) is 98.4 cm³/mol. The van der Waals surface area contributed by atoms with E-state index >= 15 is 0 Å². The van der Waals surface area contributed by atoms with Gasteiger partial charge in [-0.15, -0.1) is 0 Å². The molecule has 1 amide bonds. The van der Waals surface area contributed by atoms with Crippen molar-refractivity contribution < 1.29 is 14.6 Å². The van der Waals surface area contributed by atoms with Gasteiger partial charge in [-0.3, -0.25) is 4.79 Å². The maximum absolute atomic E-state index is 12.0. The first-order valence-electron chi connectivity index (χ1n) is 8.15. The molecule has 0 saturated heterocycles. The van der Waals surface area contributed by atoms with Gasteiger partial charge in [0.25, 0.3) is 5.91 Å². The number of phenols is 1. The van der Waals surface area contributed by atoms with Gasteiger partial charge in [0, 0.05) is 19.3 Å². The molecule has 2 aromatic carbocycles. The van der Waals surface area contributed by atoms with Crippen LogP contribution in [0.15, 0.2) is 60.3 Å². The van der Waals surface area contributed by atoms with E-state index in [-0.39, 0.29) is 11.3 Å². The zero-order valence-electron chi connectivity index (χ0n) is 14.5. The molecule has 2 rings (SSSR count). The second kappa shape index (κ2) is 9.74. The van der Waals surface area contributed by atoms with Crippen LogP contribution >= 0.6 is 0 Å². The van der Waals surface area contributed by atoms with Crippen LogP contribution in [-0.2, 0) is 17.8 Å². The van der Waals surface area contributed by atoms with Crippen LogP contribution in [0, 0.1) is 11.3 Å². The standard InChI is InChI=1S/C20H21N3O3/c1-26-19-8-4-16(5-9-19)13-22-14-17(12-21)20(25)23-11-10-15-2-6-18(24)7-3-15/h2-9,14,22,24H,10-11,13H2,1H3,(H,23,25)/b17-14-. The van der Waals surface area contributed by atoms with Crippen LogP contribution in [0.2, 0.25) is 0 Å². The van der Waals surface area contributed by atoms with E-state index in [4.69, 9.17) is 10.00 Å². The third kappa shape index (κ3) is 5.87. The Balaban J connectivity index is 1.80. The van der Waals surface area contributed by atoms with Crippen LogP contribution in [0.3, 0.4) is 0 Å². The Morgan fingerprint density at radius 1 is 1.15 bits per heavy atom. The van der Waals surface area contributed by atoms with Crippen molar-refractivity contribution in [3.63, 3.8) is 0 Å². The fraction of sp³-hybridized carbons (Fsp3) is 0.200. The maximum atomic E-state index is 12.0. The summed E-state index contributed by atoms with van der Waals surface area (Å²) in [5, 5.41) is 24.1. The summed E-state index contributed by atoms with van der Waals surface area (Å²) in [4.78, 5) is 12.0. The molecule has 6 heteroatoms. The molecular weight excluding hydrogens is 330 g/mol. The fourth-order valence-electron chi connectivity index (χ4n) is 2.24. The second-order valence-corrected chi connectivity index (χ2v) is 5.57. The van der Waals surface area contributed by atoms with Crippen LogP contribution in [-0.4, -0.2) is 24.7 Å². The normalized spacial score (nSPS) is 10.7. The number of carbonyl (C=O) groups excluding carboxylic acids is 1. The molecule has 0 fully saturated rings. The molecule has 0 aromatic heterocycles. The summed E-state index contributed by atoms with van der Waals surface area (Å²) in [6, 6.07) is 16.2. The van der Waals surface area contributed by atoms with Gasteiger partial charge >= 0.3 is 0 Å². The molecule has 0 atom stereocenters. The second-order valence-electron chi connectivity index (χ2n) is 5.57. The minimum atomic E-state index is -0.423. The fourth-order valence-corrected chi connectivity index (χ4v) is 2.24. The lowest BCUT2D eigenvalue weighted by Gasteiger charge is -2.06. The van der Waals surface area contributed by atoms with Crippen molar-refractivity contribution in [2.24, 2.45) is 0 Å². The SMILES string of the molecule is COc1ccc(CN/C=C(/C#N)C(=O)NCCc2ccc(O)cc2)cc1. The van der Waals surface area contributed by atoms with Gasteiger partial charge < -0.3 is 20.5 Å². The Morgan fingerprint density at radius 2 is 1.81 bits per heavy atom. The number of carbonyl (C=O) groups is 1. The van der Waals surface area contributed by atoms with Crippen molar-refractivity contribution in [3.8, 4) is 17.6 Å². The first-order chi connectivity index (χ1) is 12.6. The number of hydrogen-bond acceptors (Lipinski definition) is 5. The number of benzene rings is 2. The molecule has 2 aromatic rings. The third-order valence-electron chi connectivity index (χ3n) is 3.71. The van der Waals surface area contributed by atoms with Crippen molar-refractivity contribution >= 4 is 5.91 Å². The van der Waals surface area contributed by atoms with Crippen molar-refractivity contribution in [1.82, 2.24) is 10.6 Å². The van der Waals surface area contributed by atoms with Crippen molar-refractivity contribution in [2.75, 3.05) is 13.7 Å². The number of phenolic OH excluding ortho intramolecular Hbond substituents is 1. The summed E-state index contributed by atoms with van der Waals surface area (Å²) < 4.78 is 5.10. The number of nitrogens with zero attached hydrogens (tertiary/aromatic N) is 1. The Bertz CT molecular complexity index is 791. The van der Waals surface area contributed by atoms with Gasteiger partial charge in [-0.2, -0.15) is 5.26 Å². The van der Waals surface area contributed by atoms with Gasteiger partial charge in [0.15, 0.2) is 0 Å². The van der Waals surface area contributed by atoms with Gasteiger partial charge in [-0.1, -0.05) is 24.3 Å². The van der Waals surface area contributed by atoms with Crippen LogP contribution in [0.4, 0.5) is 0 Å². The molecule has 0 aliphatic carbocycles. The zero-order chi connectivity index (χ0) is 18.8. The molecule has 3 N–H and O–H groups in total. The Hall–Kier alpha value is -3.46. The Morgan fingerprint density at radius 3 is 2.42 bits per heavy atom. The third-order valence-corrected chi connectivity index (χ3v) is 3.71. The zero-order valence-corrected chi connectivity index (χ0v) is 14.5. The highest BCUT2D eigenvalue weighted by molar-refractivity contribution is 5.97. The maximum Gasteiger partial charge on any atom is 0.263 e. The first-order valence-corrected chi connectivity index (χ1v) is 8.15. The average Bonchev–Trinajstić information content (AvgIpc) is 2.67. The molecule has 0 aliphatic rings. The molecular formula is C20H21N3O3. The lowest BCUT2D eigenvalue weighted by Crippen LogP contribution is -2.27. The van der Waals surface area contributed by atoms with E-state index < -0.39 is 5.91 Å². The summed E-state index contributed by atoms with van der Waals surface area (Å²) in [7, 11) is 1.61. The molecule has 0 unspecified atom stereocenters. The van der Waals surface area contributed by atoms with E-state index in [1.807, 2.05) is 30.3 Å². The van der Waals surface area contributed by atoms with E-state index in [1.165, 1.54) is 6.20 Å². The summed E-state index contributed by atoms with van der Waals surface area (Å²) in [6.45, 7) is 0.900. The number of ether oxygens (including phenoxy) is 1. The lowest BCUT2D eigenvalue weighted by atomic mass is 10.1. The van der Waals surface area contributed by atoms with Gasteiger partial charge in [-0.05, 0) is 41.8 Å². The van der Waals surface area contributed by atoms with Gasteiger partial charge in [0.05, 0.1) is 7.11 Å². The van der Waals surface area contributed by atoms with E-state index in [2.05, 4.69) is 10.6 Å². The minimum absolute atomic E-state index is 0.0178. The van der Waals surface area contributed by atoms with Gasteiger partial charge in [-0.25, -0.2) is 0 Å². The van der Waals surface area contributed by atoms with Gasteiger partial charge in [0.1, 0.15) is 23.1 Å². The number of rotatable bonds is 8. The van der Waals surface area contributed by atoms with E-state index in [1.54, 1.807) is 31.4 Å².